The number of aromatic nitrogens is 2. The van der Waals surface area contributed by atoms with Crippen LogP contribution in [0.2, 0.25) is 0 Å². The molecule has 4 aromatic rings. The predicted octanol–water partition coefficient (Wildman–Crippen LogP) is 4.83. The van der Waals surface area contributed by atoms with Crippen molar-refractivity contribution < 1.29 is 32.5 Å². The monoisotopic (exact) mass is 511 g/mol. The fourth-order valence-electron chi connectivity index (χ4n) is 3.48. The molecule has 3 aromatic carbocycles. The highest BCUT2D eigenvalue weighted by atomic mass is 19.4. The van der Waals surface area contributed by atoms with Crippen molar-refractivity contribution in [3.8, 4) is 22.9 Å². The van der Waals surface area contributed by atoms with E-state index in [-0.39, 0.29) is 28.3 Å². The van der Waals surface area contributed by atoms with Gasteiger partial charge in [0.1, 0.15) is 0 Å². The van der Waals surface area contributed by atoms with Gasteiger partial charge >= 0.3 is 12.1 Å². The van der Waals surface area contributed by atoms with Crippen molar-refractivity contribution in [2.24, 2.45) is 5.10 Å². The number of methoxy groups -OCH3 is 1. The Bertz CT molecular complexity index is 1560. The van der Waals surface area contributed by atoms with Crippen LogP contribution < -0.4 is 15.0 Å². The van der Waals surface area contributed by atoms with Gasteiger partial charge in [0.05, 0.1) is 29.8 Å². The van der Waals surface area contributed by atoms with E-state index in [1.165, 1.54) is 44.5 Å². The molecule has 1 N–H and O–H groups in total. The third-order valence-corrected chi connectivity index (χ3v) is 5.36. The molecule has 0 saturated heterocycles. The van der Waals surface area contributed by atoms with Crippen LogP contribution in [0.5, 0.6) is 11.5 Å². The molecule has 190 valence electrons. The lowest BCUT2D eigenvalue weighted by molar-refractivity contribution is -0.144. The number of carbonyl (C=O) groups is 1. The van der Waals surface area contributed by atoms with Crippen LogP contribution >= 0.6 is 0 Å². The molecule has 0 aliphatic heterocycles. The van der Waals surface area contributed by atoms with Crippen molar-refractivity contribution in [2.45, 2.75) is 19.2 Å². The number of hydrogen-bond acceptors (Lipinski definition) is 6. The van der Waals surface area contributed by atoms with E-state index in [1.807, 2.05) is 0 Å². The smallest absolute Gasteiger partial charge is 0.416 e. The molecule has 11 heteroatoms. The molecule has 0 saturated carbocycles. The highest BCUT2D eigenvalue weighted by Gasteiger charge is 2.31. The molecule has 37 heavy (non-hydrogen) atoms. The van der Waals surface area contributed by atoms with Gasteiger partial charge in [-0.2, -0.15) is 22.9 Å². The summed E-state index contributed by atoms with van der Waals surface area (Å²) < 4.78 is 51.6. The highest BCUT2D eigenvalue weighted by molar-refractivity contribution is 5.83. The first-order valence-electron chi connectivity index (χ1n) is 10.9. The first kappa shape index (κ1) is 25.4. The van der Waals surface area contributed by atoms with Gasteiger partial charge in [-0.3, -0.25) is 4.79 Å². The van der Waals surface area contributed by atoms with Crippen molar-refractivity contribution in [2.75, 3.05) is 7.11 Å². The van der Waals surface area contributed by atoms with Crippen LogP contribution in [-0.2, 0) is 11.0 Å². The van der Waals surface area contributed by atoms with Gasteiger partial charge in [0, 0.05) is 5.56 Å². The van der Waals surface area contributed by atoms with Crippen molar-refractivity contribution in [1.82, 2.24) is 9.66 Å². The second-order valence-corrected chi connectivity index (χ2v) is 7.90. The topological polar surface area (TPSA) is 103 Å². The molecule has 1 atom stereocenters. The van der Waals surface area contributed by atoms with E-state index in [0.29, 0.717) is 11.1 Å². The van der Waals surface area contributed by atoms with Crippen LogP contribution in [0.4, 0.5) is 13.2 Å². The van der Waals surface area contributed by atoms with Crippen LogP contribution in [0, 0.1) is 0 Å². The summed E-state index contributed by atoms with van der Waals surface area (Å²) in [4.78, 5) is 28.8. The van der Waals surface area contributed by atoms with Gasteiger partial charge in [0.25, 0.3) is 5.56 Å². The maximum atomic E-state index is 13.3. The number of aliphatic carboxylic acids is 1. The minimum Gasteiger partial charge on any atom is -0.493 e. The summed E-state index contributed by atoms with van der Waals surface area (Å²) >= 11 is 0. The van der Waals surface area contributed by atoms with Crippen molar-refractivity contribution in [3.63, 3.8) is 0 Å². The molecule has 4 rings (SSSR count). The van der Waals surface area contributed by atoms with Gasteiger partial charge in [-0.1, -0.05) is 24.3 Å². The fraction of sp³-hybridized carbons (Fsp3) is 0.154. The Morgan fingerprint density at radius 2 is 1.84 bits per heavy atom. The van der Waals surface area contributed by atoms with Crippen molar-refractivity contribution >= 4 is 23.1 Å². The quantitative estimate of drug-likeness (QED) is 0.357. The minimum atomic E-state index is -4.58. The zero-order valence-corrected chi connectivity index (χ0v) is 19.6. The zero-order valence-electron chi connectivity index (χ0n) is 19.6. The number of nitrogens with zero attached hydrogens (tertiary/aromatic N) is 3. The third kappa shape index (κ3) is 5.45. The second-order valence-electron chi connectivity index (χ2n) is 7.90. The number of carboxylic acids is 1. The Morgan fingerprint density at radius 3 is 2.54 bits per heavy atom. The van der Waals surface area contributed by atoms with Gasteiger partial charge < -0.3 is 14.6 Å². The van der Waals surface area contributed by atoms with Crippen LogP contribution in [0.3, 0.4) is 0 Å². The summed E-state index contributed by atoms with van der Waals surface area (Å²) in [6, 6.07) is 15.5. The second kappa shape index (κ2) is 10.1. The number of carboxylic acid groups (broad SMARTS) is 1. The summed E-state index contributed by atoms with van der Waals surface area (Å²) in [5.74, 6) is -0.825. The van der Waals surface area contributed by atoms with Crippen LogP contribution in [0.15, 0.2) is 76.6 Å². The van der Waals surface area contributed by atoms with Crippen LogP contribution in [0.25, 0.3) is 22.3 Å². The average molecular weight is 511 g/mol. The number of ether oxygens (including phenoxy) is 2. The van der Waals surface area contributed by atoms with E-state index < -0.39 is 29.4 Å². The fourth-order valence-corrected chi connectivity index (χ4v) is 3.48. The number of fused-ring (bicyclic) bond motifs is 1. The lowest BCUT2D eigenvalue weighted by Gasteiger charge is -2.14. The lowest BCUT2D eigenvalue weighted by atomic mass is 10.1. The Balaban J connectivity index is 1.82. The van der Waals surface area contributed by atoms with E-state index >= 15 is 0 Å². The SMILES string of the molecule is COc1cc(C=Nn2c(-c3cccc(C(F)(F)F)c3)nc3ccccc3c2=O)ccc1O[C@H](C)C(=O)O. The first-order chi connectivity index (χ1) is 17.6. The maximum absolute atomic E-state index is 13.3. The highest BCUT2D eigenvalue weighted by Crippen LogP contribution is 2.32. The molecule has 0 aliphatic carbocycles. The van der Waals surface area contributed by atoms with Crippen molar-refractivity contribution in [1.29, 1.82) is 0 Å². The van der Waals surface area contributed by atoms with Crippen LogP contribution in [0.1, 0.15) is 18.1 Å². The zero-order chi connectivity index (χ0) is 26.7. The Hall–Kier alpha value is -4.67. The van der Waals surface area contributed by atoms with Gasteiger partial charge in [-0.15, -0.1) is 0 Å². The Kier molecular flexibility index (Phi) is 6.96. The average Bonchev–Trinajstić information content (AvgIpc) is 2.88. The number of hydrogen-bond donors (Lipinski definition) is 1. The van der Waals surface area contributed by atoms with Gasteiger partial charge in [0.15, 0.2) is 23.4 Å². The molecule has 0 radical (unpaired) electrons. The van der Waals surface area contributed by atoms with Gasteiger partial charge in [-0.25, -0.2) is 9.78 Å². The maximum Gasteiger partial charge on any atom is 0.416 e. The molecule has 8 nitrogen and oxygen atoms in total. The minimum absolute atomic E-state index is 0.0545. The summed E-state index contributed by atoms with van der Waals surface area (Å²) in [6.07, 6.45) is -4.40. The van der Waals surface area contributed by atoms with E-state index in [2.05, 4.69) is 10.1 Å². The van der Waals surface area contributed by atoms with Crippen LogP contribution in [-0.4, -0.2) is 40.2 Å². The van der Waals surface area contributed by atoms with Gasteiger partial charge in [0.2, 0.25) is 0 Å². The van der Waals surface area contributed by atoms with E-state index in [1.54, 1.807) is 30.3 Å². The molecule has 0 bridgehead atoms. The Morgan fingerprint density at radius 1 is 1.08 bits per heavy atom. The number of para-hydroxylation sites is 1. The number of benzene rings is 3. The third-order valence-electron chi connectivity index (χ3n) is 5.36. The van der Waals surface area contributed by atoms with E-state index in [9.17, 15) is 22.8 Å². The molecule has 0 fully saturated rings. The number of rotatable bonds is 7. The normalized spacial score (nSPS) is 12.6. The van der Waals surface area contributed by atoms with E-state index in [0.717, 1.165) is 16.8 Å². The van der Waals surface area contributed by atoms with E-state index in [4.69, 9.17) is 14.6 Å². The predicted molar refractivity (Wildman–Crippen MR) is 130 cm³/mol. The lowest BCUT2D eigenvalue weighted by Crippen LogP contribution is -2.23. The Labute approximate surface area is 208 Å². The molecule has 0 spiro atoms. The number of halogens is 3. The standard InChI is InChI=1S/C26H20F3N3O5/c1-15(25(34)35)37-21-11-10-16(12-22(21)36-2)14-30-32-23(17-6-5-7-18(13-17)26(27,28)29)31-20-9-4-3-8-19(20)24(32)33/h3-15H,1-2H3,(H,34,35)/t15-/m1/s1. The molecular formula is C26H20F3N3O5. The van der Waals surface area contributed by atoms with Gasteiger partial charge in [-0.05, 0) is 55.0 Å². The van der Waals surface area contributed by atoms with Crippen molar-refractivity contribution in [3.05, 3.63) is 88.2 Å². The summed E-state index contributed by atoms with van der Waals surface area (Å²) in [5.41, 5.74) is -0.654. The molecule has 0 aliphatic rings. The first-order valence-corrected chi connectivity index (χ1v) is 10.9. The largest absolute Gasteiger partial charge is 0.493 e. The molecule has 1 heterocycles. The molecule has 1 aromatic heterocycles. The summed E-state index contributed by atoms with van der Waals surface area (Å²) in [7, 11) is 1.37. The summed E-state index contributed by atoms with van der Waals surface area (Å²) in [5, 5.41) is 13.5. The summed E-state index contributed by atoms with van der Waals surface area (Å²) in [6.45, 7) is 1.37. The molecule has 0 amide bonds. The molecular weight excluding hydrogens is 491 g/mol. The number of alkyl halides is 3. The molecule has 0 unspecified atom stereocenters.